The van der Waals surface area contributed by atoms with Gasteiger partial charge in [-0.25, -0.2) is 5.48 Å². The molecular weight excluding hydrogens is 334 g/mol. The second-order valence-electron chi connectivity index (χ2n) is 6.13. The van der Waals surface area contributed by atoms with E-state index in [9.17, 15) is 9.59 Å². The van der Waals surface area contributed by atoms with Gasteiger partial charge >= 0.3 is 0 Å². The average Bonchev–Trinajstić information content (AvgIpc) is 2.62. The highest BCUT2D eigenvalue weighted by molar-refractivity contribution is 5.97. The topological polar surface area (TPSA) is 111 Å². The smallest absolute Gasteiger partial charge is 0.267 e. The number of aliphatic hydroxyl groups is 1. The number of aliphatic hydroxyl groups excluding tert-OH is 1. The zero-order chi connectivity index (χ0) is 19.7. The third-order valence-electron chi connectivity index (χ3n) is 3.71. The molecule has 0 heterocycles. The predicted octanol–water partition coefficient (Wildman–Crippen LogP) is 0.0241. The van der Waals surface area contributed by atoms with Crippen molar-refractivity contribution in [2.75, 3.05) is 7.05 Å². The number of rotatable bonds is 5. The number of amides is 2. The third kappa shape index (κ3) is 6.23. The molecule has 1 aromatic rings. The fourth-order valence-electron chi connectivity index (χ4n) is 1.95. The van der Waals surface area contributed by atoms with E-state index in [1.54, 1.807) is 57.6 Å². The quantitative estimate of drug-likeness (QED) is 0.290. The minimum atomic E-state index is -0.986. The number of hydrogen-bond donors (Lipinski definition) is 5. The Kier molecular flexibility index (Phi) is 7.82. The summed E-state index contributed by atoms with van der Waals surface area (Å²) in [7, 11) is 1.65. The van der Waals surface area contributed by atoms with Crippen LogP contribution in [-0.2, 0) is 4.79 Å². The maximum atomic E-state index is 12.4. The molecule has 0 bridgehead atoms. The number of hydroxylamine groups is 1. The van der Waals surface area contributed by atoms with Gasteiger partial charge in [0.25, 0.3) is 11.8 Å². The van der Waals surface area contributed by atoms with Crippen LogP contribution in [0.5, 0.6) is 0 Å². The molecule has 7 nitrogen and oxygen atoms in total. The fraction of sp³-hybridized carbons (Fsp3) is 0.368. The second kappa shape index (κ2) is 9.59. The first-order valence-electron chi connectivity index (χ1n) is 7.94. The molecule has 0 aromatic heterocycles. The molecule has 0 saturated heterocycles. The van der Waals surface area contributed by atoms with E-state index >= 15 is 0 Å². The summed E-state index contributed by atoms with van der Waals surface area (Å²) in [5, 5.41) is 23.4. The van der Waals surface area contributed by atoms with Gasteiger partial charge in [0.15, 0.2) is 0 Å². The molecule has 1 rings (SSSR count). The van der Waals surface area contributed by atoms with Gasteiger partial charge in [0.1, 0.15) is 12.1 Å². The van der Waals surface area contributed by atoms with Crippen molar-refractivity contribution in [2.24, 2.45) is 0 Å². The number of benzene rings is 1. The first kappa shape index (κ1) is 21.2. The molecule has 0 unspecified atom stereocenters. The minimum absolute atomic E-state index is 0.341. The number of nitrogens with one attached hydrogen (secondary N) is 3. The highest BCUT2D eigenvalue weighted by Crippen LogP contribution is 2.11. The molecule has 138 valence electrons. The van der Waals surface area contributed by atoms with Gasteiger partial charge in [0.05, 0.1) is 0 Å². The van der Waals surface area contributed by atoms with Gasteiger partial charge in [0, 0.05) is 16.7 Å². The van der Waals surface area contributed by atoms with Crippen LogP contribution in [-0.4, -0.2) is 46.9 Å². The van der Waals surface area contributed by atoms with E-state index in [2.05, 4.69) is 34.3 Å². The van der Waals surface area contributed by atoms with Crippen LogP contribution in [0, 0.1) is 23.7 Å². The average molecular weight is 357 g/mol. The molecule has 2 atom stereocenters. The zero-order valence-electron chi connectivity index (χ0n) is 15.2. The van der Waals surface area contributed by atoms with Crippen molar-refractivity contribution in [1.29, 1.82) is 0 Å². The van der Waals surface area contributed by atoms with Crippen LogP contribution >= 0.6 is 0 Å². The monoisotopic (exact) mass is 357 g/mol. The second-order valence-corrected chi connectivity index (χ2v) is 6.13. The lowest BCUT2D eigenvalue weighted by molar-refractivity contribution is -0.132. The van der Waals surface area contributed by atoms with E-state index in [0.29, 0.717) is 11.1 Å². The van der Waals surface area contributed by atoms with Crippen LogP contribution in [0.1, 0.15) is 36.7 Å². The van der Waals surface area contributed by atoms with Crippen molar-refractivity contribution in [1.82, 2.24) is 16.1 Å². The summed E-state index contributed by atoms with van der Waals surface area (Å²) >= 11 is 0. The summed E-state index contributed by atoms with van der Waals surface area (Å²) in [4.78, 5) is 24.3. The summed E-state index contributed by atoms with van der Waals surface area (Å²) < 4.78 is 0. The summed E-state index contributed by atoms with van der Waals surface area (Å²) in [6.45, 7) is 4.99. The molecule has 0 aliphatic rings. The third-order valence-corrected chi connectivity index (χ3v) is 3.71. The van der Waals surface area contributed by atoms with Gasteiger partial charge < -0.3 is 15.7 Å². The molecule has 1 aromatic carbocycles. The van der Waals surface area contributed by atoms with Crippen LogP contribution in [0.3, 0.4) is 0 Å². The van der Waals surface area contributed by atoms with Crippen molar-refractivity contribution in [3.05, 3.63) is 35.4 Å². The van der Waals surface area contributed by atoms with Crippen molar-refractivity contribution < 1.29 is 19.9 Å². The van der Waals surface area contributed by atoms with Crippen molar-refractivity contribution in [3.8, 4) is 23.7 Å². The number of likely N-dealkylation sites (N-methyl/N-ethyl adjacent to an activating group) is 1. The minimum Gasteiger partial charge on any atom is -0.381 e. The molecule has 0 spiro atoms. The summed E-state index contributed by atoms with van der Waals surface area (Å²) in [6.07, 6.45) is -0.735. The van der Waals surface area contributed by atoms with Crippen molar-refractivity contribution in [2.45, 2.75) is 38.5 Å². The largest absolute Gasteiger partial charge is 0.381 e. The highest BCUT2D eigenvalue weighted by Gasteiger charge is 2.35. The van der Waals surface area contributed by atoms with E-state index in [-0.39, 0.29) is 0 Å². The molecule has 0 aliphatic heterocycles. The molecule has 7 heteroatoms. The van der Waals surface area contributed by atoms with E-state index in [0.717, 1.165) is 0 Å². The molecule has 5 N–H and O–H groups in total. The lowest BCUT2D eigenvalue weighted by atomic mass is 9.93. The number of carbonyl (C=O) groups is 2. The molecule has 0 saturated carbocycles. The lowest BCUT2D eigenvalue weighted by Gasteiger charge is -2.32. The van der Waals surface area contributed by atoms with Crippen LogP contribution in [0.2, 0.25) is 0 Å². The Hall–Kier alpha value is -2.84. The molecular formula is C19H23N3O4. The van der Waals surface area contributed by atoms with Gasteiger partial charge in [0.2, 0.25) is 0 Å². The Balaban J connectivity index is 2.90. The van der Waals surface area contributed by atoms with Crippen LogP contribution in [0.15, 0.2) is 24.3 Å². The van der Waals surface area contributed by atoms with Crippen LogP contribution in [0.25, 0.3) is 0 Å². The fourth-order valence-corrected chi connectivity index (χ4v) is 1.95. The lowest BCUT2D eigenvalue weighted by Crippen LogP contribution is -2.62. The molecule has 0 fully saturated rings. The Morgan fingerprint density at radius 1 is 1.15 bits per heavy atom. The summed E-state index contributed by atoms with van der Waals surface area (Å²) in [6, 6.07) is 5.45. The van der Waals surface area contributed by atoms with Gasteiger partial charge in [-0.2, -0.15) is 0 Å². The van der Waals surface area contributed by atoms with Crippen molar-refractivity contribution >= 4 is 11.8 Å². The summed E-state index contributed by atoms with van der Waals surface area (Å²) in [5.74, 6) is 9.24. The van der Waals surface area contributed by atoms with Gasteiger partial charge in [-0.15, -0.1) is 0 Å². The number of carbonyl (C=O) groups excluding carboxylic acids is 2. The van der Waals surface area contributed by atoms with Gasteiger partial charge in [-0.3, -0.25) is 14.8 Å². The Bertz CT molecular complexity index is 762. The SMILES string of the molecule is CNC(C)(C)[C@H](NC(=O)c1ccc(C#CC#C[C@H](C)O)cc1)C(=O)NO. The van der Waals surface area contributed by atoms with E-state index in [4.69, 9.17) is 10.3 Å². The summed E-state index contributed by atoms with van der Waals surface area (Å²) in [5.41, 5.74) is 1.78. The normalized spacial score (nSPS) is 12.5. The Morgan fingerprint density at radius 3 is 2.27 bits per heavy atom. The van der Waals surface area contributed by atoms with E-state index in [1.165, 1.54) is 0 Å². The first-order valence-corrected chi connectivity index (χ1v) is 7.94. The molecule has 0 radical (unpaired) electrons. The predicted molar refractivity (Wildman–Crippen MR) is 97.1 cm³/mol. The first-order chi connectivity index (χ1) is 12.2. The van der Waals surface area contributed by atoms with E-state index < -0.39 is 29.5 Å². The molecule has 0 aliphatic carbocycles. The van der Waals surface area contributed by atoms with Gasteiger partial charge in [-0.05, 0) is 63.9 Å². The zero-order valence-corrected chi connectivity index (χ0v) is 15.2. The molecule has 2 amide bonds. The Labute approximate surface area is 153 Å². The highest BCUT2D eigenvalue weighted by atomic mass is 16.5. The maximum Gasteiger partial charge on any atom is 0.267 e. The maximum absolute atomic E-state index is 12.4. The van der Waals surface area contributed by atoms with Crippen molar-refractivity contribution in [3.63, 3.8) is 0 Å². The molecule has 26 heavy (non-hydrogen) atoms. The standard InChI is InChI=1S/C19H23N3O4/c1-13(23)7-5-6-8-14-9-11-15(12-10-14)17(24)21-16(18(25)22-26)19(2,3)20-4/h9-13,16,20,23,26H,1-4H3,(H,21,24)(H,22,25)/t13-,16+/m0/s1. The van der Waals surface area contributed by atoms with Crippen LogP contribution < -0.4 is 16.1 Å². The Morgan fingerprint density at radius 2 is 1.77 bits per heavy atom. The van der Waals surface area contributed by atoms with E-state index in [1.807, 2.05) is 0 Å². The van der Waals surface area contributed by atoms with Crippen LogP contribution in [0.4, 0.5) is 0 Å². The number of hydrogen-bond acceptors (Lipinski definition) is 5. The van der Waals surface area contributed by atoms with Gasteiger partial charge in [-0.1, -0.05) is 11.8 Å².